The van der Waals surface area contributed by atoms with Crippen LogP contribution in [0.1, 0.15) is 30.2 Å². The molecule has 0 amide bonds. The van der Waals surface area contributed by atoms with Crippen LogP contribution in [0.15, 0.2) is 6.20 Å². The van der Waals surface area contributed by atoms with Crippen molar-refractivity contribution in [2.45, 2.75) is 33.2 Å². The summed E-state index contributed by atoms with van der Waals surface area (Å²) in [5, 5.41) is 4.06. The van der Waals surface area contributed by atoms with Gasteiger partial charge in [0, 0.05) is 11.1 Å². The van der Waals surface area contributed by atoms with Gasteiger partial charge in [-0.1, -0.05) is 13.8 Å². The minimum absolute atomic E-state index is 0.141. The number of aromatic nitrogens is 4. The molecule has 0 atom stereocenters. The number of rotatable bonds is 7. The summed E-state index contributed by atoms with van der Waals surface area (Å²) >= 11 is 1.67. The van der Waals surface area contributed by atoms with Crippen molar-refractivity contribution in [2.24, 2.45) is 0 Å². The lowest BCUT2D eigenvalue weighted by molar-refractivity contribution is 0.292. The van der Waals surface area contributed by atoms with E-state index in [1.807, 2.05) is 13.1 Å². The van der Waals surface area contributed by atoms with Gasteiger partial charge >= 0.3 is 6.01 Å². The van der Waals surface area contributed by atoms with E-state index in [-0.39, 0.29) is 12.0 Å². The molecule has 0 spiro atoms. The molecule has 0 aromatic carbocycles. The van der Waals surface area contributed by atoms with E-state index in [1.165, 1.54) is 4.88 Å². The summed E-state index contributed by atoms with van der Waals surface area (Å²) < 4.78 is 5.35. The minimum Gasteiger partial charge on any atom is -0.463 e. The van der Waals surface area contributed by atoms with Crippen molar-refractivity contribution < 1.29 is 4.74 Å². The zero-order valence-electron chi connectivity index (χ0n) is 11.6. The number of ether oxygens (including phenoxy) is 1. The quantitative estimate of drug-likeness (QED) is 0.804. The van der Waals surface area contributed by atoms with Crippen LogP contribution < -0.4 is 15.8 Å². The van der Waals surface area contributed by atoms with Gasteiger partial charge in [0.25, 0.3) is 0 Å². The molecular weight excluding hydrogens is 276 g/mol. The first-order valence-corrected chi connectivity index (χ1v) is 7.34. The van der Waals surface area contributed by atoms with Crippen molar-refractivity contribution in [2.75, 3.05) is 17.7 Å². The highest BCUT2D eigenvalue weighted by atomic mass is 32.1. The molecule has 0 aliphatic heterocycles. The van der Waals surface area contributed by atoms with E-state index in [4.69, 9.17) is 10.5 Å². The molecule has 2 heterocycles. The average molecular weight is 294 g/mol. The van der Waals surface area contributed by atoms with E-state index in [1.54, 1.807) is 11.3 Å². The Labute approximate surface area is 121 Å². The Morgan fingerprint density at radius 1 is 1.30 bits per heavy atom. The SMILES string of the molecule is CCCOc1nc(N)nc(NCc2ncc(CC)s2)n1. The molecule has 3 N–H and O–H groups in total. The molecule has 7 nitrogen and oxygen atoms in total. The van der Waals surface area contributed by atoms with Crippen molar-refractivity contribution >= 4 is 23.2 Å². The van der Waals surface area contributed by atoms with Crippen molar-refractivity contribution in [3.05, 3.63) is 16.1 Å². The second-order valence-electron chi connectivity index (χ2n) is 4.08. The zero-order valence-corrected chi connectivity index (χ0v) is 12.4. The van der Waals surface area contributed by atoms with E-state index in [0.29, 0.717) is 19.1 Å². The summed E-state index contributed by atoms with van der Waals surface area (Å²) in [5.41, 5.74) is 5.63. The summed E-state index contributed by atoms with van der Waals surface area (Å²) in [7, 11) is 0. The van der Waals surface area contributed by atoms with E-state index in [0.717, 1.165) is 17.8 Å². The van der Waals surface area contributed by atoms with Crippen molar-refractivity contribution in [1.82, 2.24) is 19.9 Å². The third kappa shape index (κ3) is 4.02. The summed E-state index contributed by atoms with van der Waals surface area (Å²) in [6.07, 6.45) is 3.76. The number of nitrogens with zero attached hydrogens (tertiary/aromatic N) is 4. The summed E-state index contributed by atoms with van der Waals surface area (Å²) in [6, 6.07) is 0.246. The fourth-order valence-corrected chi connectivity index (χ4v) is 2.26. The van der Waals surface area contributed by atoms with Crippen LogP contribution in [0.3, 0.4) is 0 Å². The Hall–Kier alpha value is -1.96. The van der Waals surface area contributed by atoms with E-state index < -0.39 is 0 Å². The van der Waals surface area contributed by atoms with Gasteiger partial charge in [0.05, 0.1) is 13.2 Å². The van der Waals surface area contributed by atoms with Crippen LogP contribution in [0.4, 0.5) is 11.9 Å². The highest BCUT2D eigenvalue weighted by Crippen LogP contribution is 2.15. The molecule has 108 valence electrons. The fraction of sp³-hybridized carbons (Fsp3) is 0.500. The minimum atomic E-state index is 0.141. The van der Waals surface area contributed by atoms with Crippen molar-refractivity contribution in [1.29, 1.82) is 0 Å². The Kier molecular flexibility index (Phi) is 5.05. The Morgan fingerprint density at radius 3 is 2.85 bits per heavy atom. The molecular formula is C12H18N6OS. The van der Waals surface area contributed by atoms with Crippen molar-refractivity contribution in [3.63, 3.8) is 0 Å². The number of nitrogens with two attached hydrogens (primary N) is 1. The third-order valence-electron chi connectivity index (χ3n) is 2.42. The lowest BCUT2D eigenvalue weighted by atomic mass is 10.4. The maximum atomic E-state index is 5.63. The summed E-state index contributed by atoms with van der Waals surface area (Å²) in [5.74, 6) is 0.541. The first-order valence-electron chi connectivity index (χ1n) is 6.53. The second kappa shape index (κ2) is 6.99. The van der Waals surface area contributed by atoms with Crippen LogP contribution in [-0.4, -0.2) is 26.5 Å². The molecule has 0 aliphatic carbocycles. The lowest BCUT2D eigenvalue weighted by Gasteiger charge is -2.06. The normalized spacial score (nSPS) is 10.5. The standard InChI is InChI=1S/C12H18N6OS/c1-3-5-19-12-17-10(13)16-11(18-12)15-7-9-14-6-8(4-2)20-9/h6H,3-5,7H2,1-2H3,(H3,13,15,16,17,18). The van der Waals surface area contributed by atoms with Gasteiger partial charge in [-0.15, -0.1) is 11.3 Å². The number of nitrogen functional groups attached to an aromatic ring is 1. The predicted octanol–water partition coefficient (Wildman–Crippen LogP) is 1.87. The zero-order chi connectivity index (χ0) is 14.4. The number of aryl methyl sites for hydroxylation is 1. The van der Waals surface area contributed by atoms with E-state index in [2.05, 4.69) is 32.2 Å². The van der Waals surface area contributed by atoms with Crippen LogP contribution in [0, 0.1) is 0 Å². The number of thiazole rings is 1. The van der Waals surface area contributed by atoms with Gasteiger partial charge < -0.3 is 15.8 Å². The molecule has 0 radical (unpaired) electrons. The van der Waals surface area contributed by atoms with Gasteiger partial charge in [0.15, 0.2) is 0 Å². The fourth-order valence-electron chi connectivity index (χ4n) is 1.46. The Morgan fingerprint density at radius 2 is 2.15 bits per heavy atom. The van der Waals surface area contributed by atoms with Gasteiger partial charge in [-0.25, -0.2) is 4.98 Å². The van der Waals surface area contributed by atoms with Crippen LogP contribution >= 0.6 is 11.3 Å². The summed E-state index contributed by atoms with van der Waals surface area (Å²) in [6.45, 7) is 5.22. The summed E-state index contributed by atoms with van der Waals surface area (Å²) in [4.78, 5) is 17.7. The number of anilines is 2. The van der Waals surface area contributed by atoms with Crippen LogP contribution in [0.2, 0.25) is 0 Å². The Balaban J connectivity index is 1.99. The molecule has 20 heavy (non-hydrogen) atoms. The molecule has 0 saturated heterocycles. The second-order valence-corrected chi connectivity index (χ2v) is 5.28. The predicted molar refractivity (Wildman–Crippen MR) is 78.8 cm³/mol. The molecule has 0 bridgehead atoms. The number of hydrogen-bond donors (Lipinski definition) is 2. The van der Waals surface area contributed by atoms with Gasteiger partial charge in [0.1, 0.15) is 5.01 Å². The topological polar surface area (TPSA) is 98.8 Å². The first kappa shape index (κ1) is 14.4. The molecule has 0 unspecified atom stereocenters. The molecule has 0 fully saturated rings. The molecule has 2 rings (SSSR count). The van der Waals surface area contributed by atoms with E-state index in [9.17, 15) is 0 Å². The van der Waals surface area contributed by atoms with Gasteiger partial charge in [-0.3, -0.25) is 0 Å². The third-order valence-corrected chi connectivity index (χ3v) is 3.56. The Bertz CT molecular complexity index is 559. The number of hydrogen-bond acceptors (Lipinski definition) is 8. The lowest BCUT2D eigenvalue weighted by Crippen LogP contribution is -2.09. The first-order chi connectivity index (χ1) is 9.71. The van der Waals surface area contributed by atoms with Crippen LogP contribution in [-0.2, 0) is 13.0 Å². The molecule has 0 saturated carbocycles. The maximum absolute atomic E-state index is 5.63. The number of nitrogens with one attached hydrogen (secondary N) is 1. The average Bonchev–Trinajstić information content (AvgIpc) is 2.90. The van der Waals surface area contributed by atoms with E-state index >= 15 is 0 Å². The van der Waals surface area contributed by atoms with Crippen molar-refractivity contribution in [3.8, 4) is 6.01 Å². The molecule has 2 aromatic heterocycles. The van der Waals surface area contributed by atoms with Crippen LogP contribution in [0.25, 0.3) is 0 Å². The van der Waals surface area contributed by atoms with Gasteiger partial charge in [0.2, 0.25) is 11.9 Å². The molecule has 0 aliphatic rings. The molecule has 2 aromatic rings. The molecule has 8 heteroatoms. The highest BCUT2D eigenvalue weighted by Gasteiger charge is 2.06. The maximum Gasteiger partial charge on any atom is 0.323 e. The highest BCUT2D eigenvalue weighted by molar-refractivity contribution is 7.11. The smallest absolute Gasteiger partial charge is 0.323 e. The van der Waals surface area contributed by atoms with Gasteiger partial charge in [-0.05, 0) is 12.8 Å². The monoisotopic (exact) mass is 294 g/mol. The largest absolute Gasteiger partial charge is 0.463 e. The van der Waals surface area contributed by atoms with Crippen LogP contribution in [0.5, 0.6) is 6.01 Å². The van der Waals surface area contributed by atoms with Gasteiger partial charge in [-0.2, -0.15) is 15.0 Å².